The highest BCUT2D eigenvalue weighted by atomic mass is 19.4. The normalized spacial score (nSPS) is 18.4. The van der Waals surface area contributed by atoms with Gasteiger partial charge < -0.3 is 21.3 Å². The number of benzene rings is 1. The zero-order chi connectivity index (χ0) is 20.8. The van der Waals surface area contributed by atoms with Gasteiger partial charge in [-0.3, -0.25) is 0 Å². The Kier molecular flexibility index (Phi) is 4.40. The molecule has 3 heterocycles. The molecule has 0 spiro atoms. The predicted octanol–water partition coefficient (Wildman–Crippen LogP) is 4.12. The number of allylic oxidation sites excluding steroid dienone is 3. The number of nitrogens with zero attached hydrogens (tertiary/aromatic N) is 3. The van der Waals surface area contributed by atoms with E-state index in [-0.39, 0.29) is 17.9 Å². The number of aromatic nitrogens is 2. The van der Waals surface area contributed by atoms with Crippen LogP contribution in [-0.4, -0.2) is 21.0 Å². The molecular formula is C19H16F4N6. The van der Waals surface area contributed by atoms with E-state index < -0.39 is 17.6 Å². The third kappa shape index (κ3) is 3.73. The summed E-state index contributed by atoms with van der Waals surface area (Å²) in [5, 5.41) is 6.06. The Morgan fingerprint density at radius 3 is 2.59 bits per heavy atom. The van der Waals surface area contributed by atoms with E-state index >= 15 is 0 Å². The van der Waals surface area contributed by atoms with E-state index in [4.69, 9.17) is 5.73 Å². The predicted molar refractivity (Wildman–Crippen MR) is 101 cm³/mol. The van der Waals surface area contributed by atoms with Crippen molar-refractivity contribution in [1.29, 1.82) is 0 Å². The van der Waals surface area contributed by atoms with E-state index in [1.165, 1.54) is 24.4 Å². The van der Waals surface area contributed by atoms with Crippen molar-refractivity contribution in [2.24, 2.45) is 0 Å². The molecule has 2 aromatic rings. The standard InChI is InChI=1S/C19H16F4N6/c1-10-17(29-9-12(20)4-7-16(29)25-10)14-8-15(24)28-18(27-14)26-13-5-2-11(3-6-13)19(21,22)23/h2-9,16,25H,1H3,(H3,24,26,27,28). The maximum absolute atomic E-state index is 13.7. The van der Waals surface area contributed by atoms with Gasteiger partial charge in [0.2, 0.25) is 5.95 Å². The molecule has 29 heavy (non-hydrogen) atoms. The van der Waals surface area contributed by atoms with Crippen LogP contribution in [0, 0.1) is 0 Å². The van der Waals surface area contributed by atoms with Crippen molar-refractivity contribution in [2.45, 2.75) is 19.3 Å². The van der Waals surface area contributed by atoms with Gasteiger partial charge in [0.05, 0.1) is 17.0 Å². The first-order valence-electron chi connectivity index (χ1n) is 8.61. The molecule has 0 saturated carbocycles. The molecule has 10 heteroatoms. The zero-order valence-corrected chi connectivity index (χ0v) is 15.1. The fourth-order valence-electron chi connectivity index (χ4n) is 3.18. The van der Waals surface area contributed by atoms with Gasteiger partial charge in [0.25, 0.3) is 0 Å². The van der Waals surface area contributed by atoms with Gasteiger partial charge in [-0.15, -0.1) is 0 Å². The van der Waals surface area contributed by atoms with Crippen LogP contribution in [0.5, 0.6) is 0 Å². The number of nitrogen functional groups attached to an aromatic ring is 1. The number of alkyl halides is 3. The minimum atomic E-state index is -4.42. The topological polar surface area (TPSA) is 79.1 Å². The van der Waals surface area contributed by atoms with E-state index in [0.29, 0.717) is 17.1 Å². The molecule has 0 fully saturated rings. The van der Waals surface area contributed by atoms with Crippen LogP contribution in [0.1, 0.15) is 18.2 Å². The molecule has 0 amide bonds. The molecule has 0 aliphatic carbocycles. The largest absolute Gasteiger partial charge is 0.416 e. The fourth-order valence-corrected chi connectivity index (χ4v) is 3.18. The summed E-state index contributed by atoms with van der Waals surface area (Å²) in [5.74, 6) is -0.133. The van der Waals surface area contributed by atoms with Gasteiger partial charge in [-0.2, -0.15) is 18.2 Å². The summed E-state index contributed by atoms with van der Waals surface area (Å²) >= 11 is 0. The highest BCUT2D eigenvalue weighted by Gasteiger charge is 2.31. The van der Waals surface area contributed by atoms with Crippen LogP contribution in [0.15, 0.2) is 60.2 Å². The number of nitrogens with two attached hydrogens (primary N) is 1. The van der Waals surface area contributed by atoms with Crippen LogP contribution < -0.4 is 16.4 Å². The highest BCUT2D eigenvalue weighted by Crippen LogP contribution is 2.34. The molecule has 1 aromatic carbocycles. The van der Waals surface area contributed by atoms with Gasteiger partial charge in [0, 0.05) is 23.7 Å². The van der Waals surface area contributed by atoms with Gasteiger partial charge in [0.15, 0.2) is 0 Å². The molecule has 1 atom stereocenters. The molecule has 0 radical (unpaired) electrons. The van der Waals surface area contributed by atoms with Gasteiger partial charge in [-0.05, 0) is 43.3 Å². The molecule has 6 nitrogen and oxygen atoms in total. The number of fused-ring (bicyclic) bond motifs is 1. The molecule has 150 valence electrons. The molecule has 0 saturated heterocycles. The maximum atomic E-state index is 13.7. The molecule has 1 unspecified atom stereocenters. The van der Waals surface area contributed by atoms with Crippen LogP contribution in [0.25, 0.3) is 5.70 Å². The van der Waals surface area contributed by atoms with Gasteiger partial charge >= 0.3 is 6.18 Å². The van der Waals surface area contributed by atoms with Crippen LogP contribution in [0.4, 0.5) is 35.0 Å². The number of anilines is 3. The number of hydrogen-bond donors (Lipinski definition) is 3. The highest BCUT2D eigenvalue weighted by molar-refractivity contribution is 5.71. The summed E-state index contributed by atoms with van der Waals surface area (Å²) in [4.78, 5) is 10.2. The van der Waals surface area contributed by atoms with E-state index in [1.807, 2.05) is 6.92 Å². The van der Waals surface area contributed by atoms with Crippen molar-refractivity contribution in [1.82, 2.24) is 20.2 Å². The lowest BCUT2D eigenvalue weighted by Gasteiger charge is -2.25. The van der Waals surface area contributed by atoms with Gasteiger partial charge in [0.1, 0.15) is 17.8 Å². The molecule has 0 bridgehead atoms. The van der Waals surface area contributed by atoms with Crippen LogP contribution in [0.2, 0.25) is 0 Å². The molecule has 4 N–H and O–H groups in total. The lowest BCUT2D eigenvalue weighted by atomic mass is 10.2. The monoisotopic (exact) mass is 404 g/mol. The number of halogens is 4. The van der Waals surface area contributed by atoms with Crippen LogP contribution in [0.3, 0.4) is 0 Å². The second kappa shape index (κ2) is 6.80. The minimum absolute atomic E-state index is 0.112. The van der Waals surface area contributed by atoms with Crippen molar-refractivity contribution >= 4 is 23.2 Å². The first-order valence-corrected chi connectivity index (χ1v) is 8.61. The Bertz CT molecular complexity index is 1040. The quantitative estimate of drug-likeness (QED) is 0.668. The molecule has 2 aliphatic rings. The SMILES string of the molecule is CC1=C(c2cc(N)nc(Nc3ccc(C(F)(F)F)cc3)n2)N2C=C(F)C=CC2N1. The molecule has 4 rings (SSSR count). The molecule has 1 aromatic heterocycles. The summed E-state index contributed by atoms with van der Waals surface area (Å²) in [6, 6.07) is 6.02. The van der Waals surface area contributed by atoms with Gasteiger partial charge in [-0.25, -0.2) is 9.37 Å². The Balaban J connectivity index is 1.63. The molecule has 2 aliphatic heterocycles. The minimum Gasteiger partial charge on any atom is -0.384 e. The lowest BCUT2D eigenvalue weighted by Crippen LogP contribution is -2.33. The third-order valence-corrected chi connectivity index (χ3v) is 4.43. The summed E-state index contributed by atoms with van der Waals surface area (Å²) in [7, 11) is 0. The number of rotatable bonds is 3. The first-order chi connectivity index (χ1) is 13.7. The van der Waals surface area contributed by atoms with Crippen molar-refractivity contribution in [3.8, 4) is 0 Å². The Morgan fingerprint density at radius 2 is 1.90 bits per heavy atom. The van der Waals surface area contributed by atoms with Crippen LogP contribution >= 0.6 is 0 Å². The summed E-state index contributed by atoms with van der Waals surface area (Å²) in [6.07, 6.45) is -0.257. The summed E-state index contributed by atoms with van der Waals surface area (Å²) in [5.41, 5.74) is 7.35. The first kappa shape index (κ1) is 18.8. The van der Waals surface area contributed by atoms with Gasteiger partial charge in [-0.1, -0.05) is 0 Å². The lowest BCUT2D eigenvalue weighted by molar-refractivity contribution is -0.137. The van der Waals surface area contributed by atoms with E-state index in [1.54, 1.807) is 17.0 Å². The smallest absolute Gasteiger partial charge is 0.384 e. The summed E-state index contributed by atoms with van der Waals surface area (Å²) < 4.78 is 51.9. The number of hydrogen-bond acceptors (Lipinski definition) is 6. The average molecular weight is 404 g/mol. The van der Waals surface area contributed by atoms with E-state index in [2.05, 4.69) is 20.6 Å². The zero-order valence-electron chi connectivity index (χ0n) is 15.1. The Hall–Kier alpha value is -3.56. The Labute approximate surface area is 163 Å². The van der Waals surface area contributed by atoms with Crippen LogP contribution in [-0.2, 0) is 6.18 Å². The van der Waals surface area contributed by atoms with E-state index in [0.717, 1.165) is 17.8 Å². The maximum Gasteiger partial charge on any atom is 0.416 e. The average Bonchev–Trinajstić information content (AvgIpc) is 2.96. The van der Waals surface area contributed by atoms with Crippen molar-refractivity contribution in [2.75, 3.05) is 11.1 Å². The Morgan fingerprint density at radius 1 is 1.17 bits per heavy atom. The second-order valence-electron chi connectivity index (χ2n) is 6.54. The molecular weight excluding hydrogens is 388 g/mol. The fraction of sp³-hybridized carbons (Fsp3) is 0.158. The summed E-state index contributed by atoms with van der Waals surface area (Å²) in [6.45, 7) is 1.83. The van der Waals surface area contributed by atoms with Crippen molar-refractivity contribution in [3.05, 3.63) is 71.5 Å². The second-order valence-corrected chi connectivity index (χ2v) is 6.54. The van der Waals surface area contributed by atoms with Crippen molar-refractivity contribution < 1.29 is 17.6 Å². The van der Waals surface area contributed by atoms with Crippen molar-refractivity contribution in [3.63, 3.8) is 0 Å². The third-order valence-electron chi connectivity index (χ3n) is 4.43. The number of nitrogens with one attached hydrogen (secondary N) is 2. The van der Waals surface area contributed by atoms with E-state index in [9.17, 15) is 17.6 Å².